The average Bonchev–Trinajstić information content (AvgIpc) is 2.88. The fourth-order valence-corrected chi connectivity index (χ4v) is 5.99. The lowest BCUT2D eigenvalue weighted by molar-refractivity contribution is -0.111. The van der Waals surface area contributed by atoms with E-state index in [-0.39, 0.29) is 11.6 Å². The molecule has 0 spiro atoms. The topological polar surface area (TPSA) is 29.1 Å². The lowest BCUT2D eigenvalue weighted by atomic mass is 9.53. The third-order valence-electron chi connectivity index (χ3n) is 5.49. The van der Waals surface area contributed by atoms with E-state index in [4.69, 9.17) is 0 Å². The van der Waals surface area contributed by atoms with E-state index >= 15 is 0 Å². The number of aldehydes is 1. The minimum atomic E-state index is -0.0868. The van der Waals surface area contributed by atoms with Crippen LogP contribution in [-0.2, 0) is 4.79 Å². The van der Waals surface area contributed by atoms with Crippen molar-refractivity contribution < 1.29 is 4.79 Å². The SMILES string of the molecule is O=CC(NC12CC3CC(CC(C3)C1)C2)c1cccs1. The number of thiophene rings is 1. The number of carbonyl (C=O) groups excluding carboxylic acids is 1. The first kappa shape index (κ1) is 12.1. The van der Waals surface area contributed by atoms with Crippen molar-refractivity contribution in [3.05, 3.63) is 22.4 Å². The molecule has 4 saturated carbocycles. The van der Waals surface area contributed by atoms with Crippen molar-refractivity contribution in [1.29, 1.82) is 0 Å². The van der Waals surface area contributed by atoms with E-state index in [2.05, 4.69) is 16.8 Å². The molecule has 1 aromatic rings. The van der Waals surface area contributed by atoms with E-state index in [1.165, 1.54) is 43.4 Å². The Bertz CT molecular complexity index is 432. The van der Waals surface area contributed by atoms with Gasteiger partial charge in [-0.2, -0.15) is 0 Å². The van der Waals surface area contributed by atoms with Gasteiger partial charge in [-0.15, -0.1) is 11.3 Å². The van der Waals surface area contributed by atoms with E-state index < -0.39 is 0 Å². The fraction of sp³-hybridized carbons (Fsp3) is 0.688. The average molecular weight is 275 g/mol. The predicted molar refractivity (Wildman–Crippen MR) is 77.2 cm³/mol. The minimum absolute atomic E-state index is 0.0868. The van der Waals surface area contributed by atoms with Crippen LogP contribution in [0.3, 0.4) is 0 Å². The van der Waals surface area contributed by atoms with Gasteiger partial charge in [0.15, 0.2) is 0 Å². The second kappa shape index (κ2) is 4.42. The Morgan fingerprint density at radius 3 is 2.32 bits per heavy atom. The summed E-state index contributed by atoms with van der Waals surface area (Å²) in [5.74, 6) is 2.78. The van der Waals surface area contributed by atoms with E-state index in [0.717, 1.165) is 24.0 Å². The summed E-state index contributed by atoms with van der Waals surface area (Å²) in [4.78, 5) is 12.6. The molecule has 1 N–H and O–H groups in total. The molecule has 2 nitrogen and oxygen atoms in total. The Labute approximate surface area is 118 Å². The van der Waals surface area contributed by atoms with Crippen molar-refractivity contribution in [2.24, 2.45) is 17.8 Å². The quantitative estimate of drug-likeness (QED) is 0.851. The molecule has 1 atom stereocenters. The van der Waals surface area contributed by atoms with Gasteiger partial charge in [-0.05, 0) is 67.7 Å². The molecule has 0 aliphatic heterocycles. The fourth-order valence-electron chi connectivity index (χ4n) is 5.26. The normalized spacial score (nSPS) is 41.4. The molecule has 102 valence electrons. The molecule has 1 unspecified atom stereocenters. The zero-order valence-electron chi connectivity index (χ0n) is 11.2. The maximum Gasteiger partial charge on any atom is 0.142 e. The summed E-state index contributed by atoms with van der Waals surface area (Å²) in [6.45, 7) is 0. The van der Waals surface area contributed by atoms with Crippen LogP contribution in [0.2, 0.25) is 0 Å². The van der Waals surface area contributed by atoms with Crippen LogP contribution in [0.4, 0.5) is 0 Å². The Morgan fingerprint density at radius 1 is 1.21 bits per heavy atom. The van der Waals surface area contributed by atoms with Crippen molar-refractivity contribution >= 4 is 17.6 Å². The summed E-state index contributed by atoms with van der Waals surface area (Å²) in [6, 6.07) is 4.03. The molecule has 4 aliphatic rings. The van der Waals surface area contributed by atoms with Crippen LogP contribution >= 0.6 is 11.3 Å². The molecule has 1 heterocycles. The van der Waals surface area contributed by atoms with Crippen LogP contribution in [0.1, 0.15) is 49.4 Å². The summed E-state index contributed by atoms with van der Waals surface area (Å²) in [5, 5.41) is 5.82. The maximum atomic E-state index is 11.5. The molecule has 0 radical (unpaired) electrons. The molecule has 0 saturated heterocycles. The van der Waals surface area contributed by atoms with Gasteiger partial charge in [-0.1, -0.05) is 6.07 Å². The number of carbonyl (C=O) groups is 1. The second-order valence-electron chi connectivity index (χ2n) is 6.97. The molecule has 19 heavy (non-hydrogen) atoms. The molecule has 5 rings (SSSR count). The number of hydrogen-bond acceptors (Lipinski definition) is 3. The first-order valence-corrected chi connectivity index (χ1v) is 8.41. The van der Waals surface area contributed by atoms with Gasteiger partial charge in [0, 0.05) is 10.4 Å². The molecule has 4 aliphatic carbocycles. The van der Waals surface area contributed by atoms with Gasteiger partial charge in [0.25, 0.3) is 0 Å². The maximum absolute atomic E-state index is 11.5. The molecule has 3 heteroatoms. The van der Waals surface area contributed by atoms with E-state index in [1.807, 2.05) is 6.07 Å². The lowest BCUT2D eigenvalue weighted by Gasteiger charge is -2.57. The monoisotopic (exact) mass is 275 g/mol. The van der Waals surface area contributed by atoms with Gasteiger partial charge < -0.3 is 4.79 Å². The molecule has 1 aromatic heterocycles. The highest BCUT2D eigenvalue weighted by molar-refractivity contribution is 7.10. The highest BCUT2D eigenvalue weighted by Crippen LogP contribution is 2.56. The number of nitrogens with one attached hydrogen (secondary N) is 1. The summed E-state index contributed by atoms with van der Waals surface area (Å²) in [6.07, 6.45) is 9.35. The van der Waals surface area contributed by atoms with Crippen LogP contribution in [-0.4, -0.2) is 11.8 Å². The molecule has 0 aromatic carbocycles. The summed E-state index contributed by atoms with van der Waals surface area (Å²) in [7, 11) is 0. The minimum Gasteiger partial charge on any atom is -0.301 e. The summed E-state index contributed by atoms with van der Waals surface area (Å²) >= 11 is 1.69. The molecule has 0 amide bonds. The van der Waals surface area contributed by atoms with Gasteiger partial charge in [-0.25, -0.2) is 0 Å². The van der Waals surface area contributed by atoms with Crippen molar-refractivity contribution in [2.75, 3.05) is 0 Å². The van der Waals surface area contributed by atoms with Crippen LogP contribution in [0.15, 0.2) is 17.5 Å². The van der Waals surface area contributed by atoms with E-state index in [0.29, 0.717) is 0 Å². The highest BCUT2D eigenvalue weighted by Gasteiger charge is 2.51. The number of rotatable bonds is 4. The first-order valence-electron chi connectivity index (χ1n) is 7.53. The Morgan fingerprint density at radius 2 is 1.84 bits per heavy atom. The van der Waals surface area contributed by atoms with Crippen molar-refractivity contribution in [2.45, 2.75) is 50.1 Å². The van der Waals surface area contributed by atoms with Gasteiger partial charge in [0.05, 0.1) is 6.04 Å². The van der Waals surface area contributed by atoms with Gasteiger partial charge in [0.2, 0.25) is 0 Å². The third kappa shape index (κ3) is 2.07. The standard InChI is InChI=1S/C16H21NOS/c18-10-14(15-2-1-3-19-15)17-16-7-11-4-12(8-16)6-13(5-11)9-16/h1-3,10-14,17H,4-9H2. The highest BCUT2D eigenvalue weighted by atomic mass is 32.1. The van der Waals surface area contributed by atoms with Crippen LogP contribution in [0.25, 0.3) is 0 Å². The van der Waals surface area contributed by atoms with Crippen LogP contribution in [0.5, 0.6) is 0 Å². The summed E-state index contributed by atoms with van der Waals surface area (Å²) < 4.78 is 0. The molecule has 4 bridgehead atoms. The lowest BCUT2D eigenvalue weighted by Crippen LogP contribution is -2.59. The number of hydrogen-bond donors (Lipinski definition) is 1. The Balaban J connectivity index is 1.57. The first-order chi connectivity index (χ1) is 9.26. The largest absolute Gasteiger partial charge is 0.301 e. The van der Waals surface area contributed by atoms with Gasteiger partial charge in [0.1, 0.15) is 6.29 Å². The molecular weight excluding hydrogens is 254 g/mol. The van der Waals surface area contributed by atoms with Crippen LogP contribution < -0.4 is 5.32 Å². The van der Waals surface area contributed by atoms with Gasteiger partial charge >= 0.3 is 0 Å². The zero-order valence-corrected chi connectivity index (χ0v) is 12.0. The third-order valence-corrected chi connectivity index (χ3v) is 6.44. The van der Waals surface area contributed by atoms with Crippen LogP contribution in [0, 0.1) is 17.8 Å². The van der Waals surface area contributed by atoms with Crippen molar-refractivity contribution in [3.8, 4) is 0 Å². The van der Waals surface area contributed by atoms with E-state index in [1.54, 1.807) is 11.3 Å². The zero-order chi connectivity index (χ0) is 12.9. The van der Waals surface area contributed by atoms with Gasteiger partial charge in [-0.3, -0.25) is 5.32 Å². The van der Waals surface area contributed by atoms with E-state index in [9.17, 15) is 4.79 Å². The molecular formula is C16H21NOS. The van der Waals surface area contributed by atoms with Crippen molar-refractivity contribution in [1.82, 2.24) is 5.32 Å². The Hall–Kier alpha value is -0.670. The Kier molecular flexibility index (Phi) is 2.82. The second-order valence-corrected chi connectivity index (χ2v) is 7.95. The summed E-state index contributed by atoms with van der Waals surface area (Å²) in [5.41, 5.74) is 0.268. The smallest absolute Gasteiger partial charge is 0.142 e. The predicted octanol–water partition coefficient (Wildman–Crippen LogP) is 3.55. The van der Waals surface area contributed by atoms with Crippen molar-refractivity contribution in [3.63, 3.8) is 0 Å². The molecule has 4 fully saturated rings.